The van der Waals surface area contributed by atoms with Crippen LogP contribution in [0, 0.1) is 6.92 Å². The van der Waals surface area contributed by atoms with Crippen LogP contribution in [0.1, 0.15) is 11.3 Å². The predicted octanol–water partition coefficient (Wildman–Crippen LogP) is 2.87. The molecule has 0 aliphatic rings. The number of hydrogen-bond acceptors (Lipinski definition) is 4. The second-order valence-corrected chi connectivity index (χ2v) is 6.70. The molecule has 1 atom stereocenters. The van der Waals surface area contributed by atoms with Crippen LogP contribution in [0.5, 0.6) is 5.75 Å². The van der Waals surface area contributed by atoms with Gasteiger partial charge in [0.1, 0.15) is 5.75 Å². The van der Waals surface area contributed by atoms with E-state index in [9.17, 15) is 17.7 Å². The number of alkyl halides is 3. The molecule has 0 saturated carbocycles. The van der Waals surface area contributed by atoms with Gasteiger partial charge in [-0.25, -0.2) is 0 Å². The molecule has 0 spiro atoms. The summed E-state index contributed by atoms with van der Waals surface area (Å²) in [4.78, 5) is 11.3. The molecule has 1 unspecified atom stereocenters. The summed E-state index contributed by atoms with van der Waals surface area (Å²) in [6.07, 6.45) is -3.09. The third-order valence-electron chi connectivity index (χ3n) is 3.50. The molecule has 0 aliphatic carbocycles. The van der Waals surface area contributed by atoms with Crippen LogP contribution in [0.15, 0.2) is 41.7 Å². The van der Waals surface area contributed by atoms with Crippen molar-refractivity contribution in [1.29, 1.82) is 0 Å². The van der Waals surface area contributed by atoms with Gasteiger partial charge in [-0.3, -0.25) is 9.97 Å². The fourth-order valence-corrected chi connectivity index (χ4v) is 3.35. The van der Waals surface area contributed by atoms with E-state index in [2.05, 4.69) is 15.0 Å². The van der Waals surface area contributed by atoms with Crippen molar-refractivity contribution >= 4 is 41.1 Å². The Morgan fingerprint density at radius 2 is 1.96 bits per heavy atom. The number of nitrogens with zero attached hydrogens (tertiary/aromatic N) is 2. The number of hydrogen-bond donors (Lipinski definition) is 1. The first-order chi connectivity index (χ1) is 11.8. The number of benzene rings is 1. The van der Waals surface area contributed by atoms with Gasteiger partial charge in [-0.2, -0.15) is 18.2 Å². The molecular weight excluding hydrogens is 362 g/mol. The molecule has 10 heteroatoms. The Labute approximate surface area is 162 Å². The van der Waals surface area contributed by atoms with E-state index in [1.807, 2.05) is 18.2 Å². The van der Waals surface area contributed by atoms with E-state index in [-0.39, 0.29) is 30.4 Å². The number of para-hydroxylation sites is 2. The maximum absolute atomic E-state index is 12.5. The molecule has 0 amide bonds. The zero-order valence-electron chi connectivity index (χ0n) is 13.1. The van der Waals surface area contributed by atoms with Gasteiger partial charge >= 0.3 is 30.2 Å². The first-order valence-corrected chi connectivity index (χ1v) is 8.62. The molecular formula is C16H15F3LiN3O2S. The third-order valence-corrected chi connectivity index (χ3v) is 4.66. The summed E-state index contributed by atoms with van der Waals surface area (Å²) < 4.78 is 54.2. The molecule has 0 aliphatic heterocycles. The second kappa shape index (κ2) is 8.35. The van der Waals surface area contributed by atoms with Gasteiger partial charge in [-0.1, -0.05) is 12.1 Å². The van der Waals surface area contributed by atoms with E-state index in [0.717, 1.165) is 5.52 Å². The van der Waals surface area contributed by atoms with Gasteiger partial charge in [0, 0.05) is 22.9 Å². The van der Waals surface area contributed by atoms with E-state index in [0.29, 0.717) is 21.9 Å². The van der Waals surface area contributed by atoms with Crippen molar-refractivity contribution in [2.45, 2.75) is 24.0 Å². The van der Waals surface area contributed by atoms with E-state index >= 15 is 0 Å². The van der Waals surface area contributed by atoms with Crippen molar-refractivity contribution in [3.63, 3.8) is 0 Å². The minimum absolute atomic E-state index is 0. The topological polar surface area (TPSA) is 73.9 Å². The third kappa shape index (κ3) is 4.95. The summed E-state index contributed by atoms with van der Waals surface area (Å²) in [5, 5.41) is 0.295. The van der Waals surface area contributed by atoms with Crippen molar-refractivity contribution in [3.8, 4) is 5.75 Å². The van der Waals surface area contributed by atoms with E-state index < -0.39 is 24.0 Å². The molecule has 1 N–H and O–H groups in total. The van der Waals surface area contributed by atoms with Crippen LogP contribution in [0.25, 0.3) is 11.0 Å². The maximum atomic E-state index is 12.5. The number of ether oxygens (including phenoxy) is 1. The Balaban J connectivity index is 0.00000243. The number of aromatic amines is 1. The summed E-state index contributed by atoms with van der Waals surface area (Å²) in [7, 11) is 0. The Kier molecular flexibility index (Phi) is 6.63. The van der Waals surface area contributed by atoms with Crippen LogP contribution in [0.3, 0.4) is 0 Å². The Bertz CT molecular complexity index is 856. The molecule has 5 nitrogen and oxygen atoms in total. The molecule has 3 rings (SSSR count). The first-order valence-electron chi connectivity index (χ1n) is 7.30. The van der Waals surface area contributed by atoms with E-state index in [4.69, 9.17) is 4.74 Å². The van der Waals surface area contributed by atoms with Gasteiger partial charge in [-0.15, -0.1) is 0 Å². The van der Waals surface area contributed by atoms with Crippen LogP contribution in [0.2, 0.25) is 0 Å². The second-order valence-electron chi connectivity index (χ2n) is 5.33. The Morgan fingerprint density at radius 1 is 1.23 bits per heavy atom. The van der Waals surface area contributed by atoms with Gasteiger partial charge < -0.3 is 9.29 Å². The van der Waals surface area contributed by atoms with Crippen LogP contribution in [-0.2, 0) is 16.9 Å². The van der Waals surface area contributed by atoms with Gasteiger partial charge in [0.2, 0.25) is 0 Å². The number of nitrogens with one attached hydrogen (secondary N) is 1. The Morgan fingerprint density at radius 3 is 2.65 bits per heavy atom. The molecule has 0 fully saturated rings. The van der Waals surface area contributed by atoms with Crippen molar-refractivity contribution in [3.05, 3.63) is 47.8 Å². The van der Waals surface area contributed by atoms with Crippen molar-refractivity contribution in [1.82, 2.24) is 15.0 Å². The SMILES string of the molecule is Cc1c(OCC(F)(F)F)ccnc1C[S+]([O-])c1nc2ccccc2[nH]1.[LiH]. The standard InChI is InChI=1S/C16H14F3N3O2S.Li.H/c1-10-13(20-7-6-14(10)24-9-16(17,18)19)8-25(23)15-21-11-4-2-3-5-12(11)22-15;;/h2-7H,8-9H2,1H3,(H,21,22);;. The number of fused-ring (bicyclic) bond motifs is 1. The average Bonchev–Trinajstić information content (AvgIpc) is 2.99. The van der Waals surface area contributed by atoms with Crippen LogP contribution in [-0.4, -0.2) is 51.1 Å². The van der Waals surface area contributed by atoms with Gasteiger partial charge in [0.25, 0.3) is 0 Å². The molecule has 2 heterocycles. The quantitative estimate of drug-likeness (QED) is 0.548. The predicted molar refractivity (Wildman–Crippen MR) is 93.9 cm³/mol. The van der Waals surface area contributed by atoms with Crippen molar-refractivity contribution in [2.75, 3.05) is 6.61 Å². The molecule has 26 heavy (non-hydrogen) atoms. The van der Waals surface area contributed by atoms with E-state index in [1.165, 1.54) is 12.3 Å². The average molecular weight is 377 g/mol. The summed E-state index contributed by atoms with van der Waals surface area (Å²) in [6, 6.07) is 8.62. The molecule has 0 radical (unpaired) electrons. The summed E-state index contributed by atoms with van der Waals surface area (Å²) in [5.74, 6) is 0.0958. The Hall–Kier alpha value is -1.66. The fraction of sp³-hybridized carbons (Fsp3) is 0.250. The molecule has 1 aromatic carbocycles. The summed E-state index contributed by atoms with van der Waals surface area (Å²) >= 11 is -1.51. The monoisotopic (exact) mass is 377 g/mol. The number of imidazole rings is 1. The van der Waals surface area contributed by atoms with Crippen LogP contribution < -0.4 is 4.74 Å². The molecule has 0 saturated heterocycles. The van der Waals surface area contributed by atoms with Crippen molar-refractivity contribution in [2.24, 2.45) is 0 Å². The fourth-order valence-electron chi connectivity index (χ4n) is 2.25. The van der Waals surface area contributed by atoms with E-state index in [1.54, 1.807) is 13.0 Å². The zero-order chi connectivity index (χ0) is 18.0. The molecule has 134 valence electrons. The number of rotatable bonds is 5. The summed E-state index contributed by atoms with van der Waals surface area (Å²) in [5.41, 5.74) is 2.28. The zero-order valence-corrected chi connectivity index (χ0v) is 13.9. The number of H-pyrrole nitrogens is 1. The van der Waals surface area contributed by atoms with Gasteiger partial charge in [0.05, 0.1) is 16.7 Å². The number of halogens is 3. The number of aromatic nitrogens is 3. The van der Waals surface area contributed by atoms with Gasteiger partial charge in [-0.05, 0) is 25.1 Å². The molecule has 0 bridgehead atoms. The normalized spacial score (nSPS) is 12.7. The minimum atomic E-state index is -4.42. The van der Waals surface area contributed by atoms with Crippen molar-refractivity contribution < 1.29 is 22.5 Å². The molecule has 2 aromatic heterocycles. The first kappa shape index (κ1) is 20.6. The number of pyridine rings is 1. The van der Waals surface area contributed by atoms with Gasteiger partial charge in [0.15, 0.2) is 12.4 Å². The van der Waals surface area contributed by atoms with Crippen LogP contribution >= 0.6 is 0 Å². The summed E-state index contributed by atoms with van der Waals surface area (Å²) in [6.45, 7) is 0.202. The van der Waals surface area contributed by atoms with Crippen LogP contribution in [0.4, 0.5) is 13.2 Å². The molecule has 3 aromatic rings.